The number of unbranched alkanes of at least 4 members (excludes halogenated alkanes) is 9. The Bertz CT molecular complexity index is 902. The number of nitrogens with one attached hydrogen (secondary N) is 1. The zero-order valence-corrected chi connectivity index (χ0v) is 26.2. The molecule has 0 saturated carbocycles. The third-order valence-electron chi connectivity index (χ3n) is 5.54. The van der Waals surface area contributed by atoms with E-state index in [9.17, 15) is 27.4 Å². The molecule has 1 aromatic rings. The molecule has 39 heavy (non-hydrogen) atoms. The molecule has 0 saturated heterocycles. The number of amides is 1. The van der Waals surface area contributed by atoms with Gasteiger partial charge in [-0.05, 0) is 12.0 Å². The maximum atomic E-state index is 11.8. The van der Waals surface area contributed by atoms with Crippen LogP contribution in [0.1, 0.15) is 83.1 Å². The molecular formula is C26H43N2NaO9S. The first-order chi connectivity index (χ1) is 18.0. The molecule has 1 rings (SSSR count). The number of carbonyl (C=O) groups is 3. The van der Waals surface area contributed by atoms with Crippen molar-refractivity contribution in [3.05, 3.63) is 35.9 Å². The number of carbonyl (C=O) groups excluding carboxylic acids is 2. The Balaban J connectivity index is 0. The van der Waals surface area contributed by atoms with Gasteiger partial charge < -0.3 is 25.4 Å². The van der Waals surface area contributed by atoms with E-state index in [0.29, 0.717) is 6.42 Å². The first-order valence-corrected chi connectivity index (χ1v) is 14.3. The van der Waals surface area contributed by atoms with Crippen LogP contribution in [0.4, 0.5) is 0 Å². The van der Waals surface area contributed by atoms with Crippen LogP contribution < -0.4 is 40.6 Å². The van der Waals surface area contributed by atoms with Gasteiger partial charge in [0.1, 0.15) is 6.04 Å². The number of hydrogen-bond donors (Lipinski definition) is 3. The predicted molar refractivity (Wildman–Crippen MR) is 142 cm³/mol. The number of aliphatic carboxylic acids is 1. The number of esters is 1. The Hall–Kier alpha value is -1.54. The molecule has 218 valence electrons. The second-order valence-corrected chi connectivity index (χ2v) is 9.94. The summed E-state index contributed by atoms with van der Waals surface area (Å²) in [5.41, 5.74) is 6.29. The van der Waals surface area contributed by atoms with Gasteiger partial charge in [0.05, 0.1) is 26.2 Å². The van der Waals surface area contributed by atoms with Crippen LogP contribution in [0.2, 0.25) is 0 Å². The minimum absolute atomic E-state index is 0. The van der Waals surface area contributed by atoms with E-state index in [1.807, 2.05) is 18.2 Å². The second kappa shape index (κ2) is 24.3. The van der Waals surface area contributed by atoms with E-state index in [2.05, 4.69) is 21.2 Å². The smallest absolute Gasteiger partial charge is 0.726 e. The van der Waals surface area contributed by atoms with Crippen LogP contribution in [0, 0.1) is 0 Å². The predicted octanol–water partition coefficient (Wildman–Crippen LogP) is 0.0770. The maximum Gasteiger partial charge on any atom is 1.00 e. The molecular weight excluding hydrogens is 539 g/mol. The number of benzene rings is 1. The van der Waals surface area contributed by atoms with Gasteiger partial charge in [-0.25, -0.2) is 13.2 Å². The van der Waals surface area contributed by atoms with Crippen molar-refractivity contribution in [1.82, 2.24) is 5.32 Å². The first kappa shape index (κ1) is 39.6. The van der Waals surface area contributed by atoms with E-state index in [0.717, 1.165) is 18.4 Å². The standard InChI is InChI=1S/C14H18N2O5.C12H26O4S.Na/c1-21-14(20)11(7-9-5-3-2-4-6-9)16-13(19)10(15)8-12(17)18;1-2-3-4-5-6-7-8-9-10-11-12-16-17(13,14)15;/h2-6,10-11H,7-8,15H2,1H3,(H,16,19)(H,17,18);2-12H2,1H3,(H,13,14,15);/q;;+1/p-1. The van der Waals surface area contributed by atoms with E-state index in [-0.39, 0.29) is 42.6 Å². The van der Waals surface area contributed by atoms with E-state index in [1.54, 1.807) is 12.1 Å². The van der Waals surface area contributed by atoms with Gasteiger partial charge in [-0.3, -0.25) is 13.8 Å². The zero-order valence-electron chi connectivity index (χ0n) is 23.4. The number of carboxylic acid groups (broad SMARTS) is 1. The van der Waals surface area contributed by atoms with Crippen molar-refractivity contribution < 1.29 is 70.9 Å². The summed E-state index contributed by atoms with van der Waals surface area (Å²) in [5, 5.41) is 11.0. The number of nitrogens with two attached hydrogens (primary N) is 1. The van der Waals surface area contributed by atoms with Crippen LogP contribution in [0.5, 0.6) is 0 Å². The summed E-state index contributed by atoms with van der Waals surface area (Å²) < 4.78 is 39.1. The molecule has 0 bridgehead atoms. The Morgan fingerprint density at radius 1 is 0.974 bits per heavy atom. The van der Waals surface area contributed by atoms with Crippen LogP contribution in [-0.2, 0) is 40.1 Å². The molecule has 11 nitrogen and oxygen atoms in total. The van der Waals surface area contributed by atoms with E-state index in [4.69, 9.17) is 10.8 Å². The summed E-state index contributed by atoms with van der Waals surface area (Å²) in [6.45, 7) is 2.24. The quantitative estimate of drug-likeness (QED) is 0.0663. The van der Waals surface area contributed by atoms with Crippen molar-refractivity contribution in [2.24, 2.45) is 5.73 Å². The van der Waals surface area contributed by atoms with E-state index >= 15 is 0 Å². The monoisotopic (exact) mass is 582 g/mol. The van der Waals surface area contributed by atoms with Gasteiger partial charge in [0, 0.05) is 6.42 Å². The average Bonchev–Trinajstić information content (AvgIpc) is 2.86. The van der Waals surface area contributed by atoms with Gasteiger partial charge in [-0.2, -0.15) is 0 Å². The summed E-state index contributed by atoms with van der Waals surface area (Å²) >= 11 is 0. The van der Waals surface area contributed by atoms with Crippen molar-refractivity contribution in [2.75, 3.05) is 13.7 Å². The maximum absolute atomic E-state index is 11.8. The van der Waals surface area contributed by atoms with Crippen LogP contribution in [0.15, 0.2) is 30.3 Å². The molecule has 0 fully saturated rings. The first-order valence-electron chi connectivity index (χ1n) is 13.0. The minimum Gasteiger partial charge on any atom is -0.726 e. The molecule has 0 aromatic heterocycles. The van der Waals surface area contributed by atoms with Gasteiger partial charge in [0.15, 0.2) is 0 Å². The van der Waals surface area contributed by atoms with Gasteiger partial charge in [0.2, 0.25) is 16.3 Å². The fraction of sp³-hybridized carbons (Fsp3) is 0.654. The van der Waals surface area contributed by atoms with Gasteiger partial charge in [-0.15, -0.1) is 0 Å². The van der Waals surface area contributed by atoms with E-state index < -0.39 is 46.7 Å². The summed E-state index contributed by atoms with van der Waals surface area (Å²) in [4.78, 5) is 34.0. The molecule has 0 aliphatic heterocycles. The van der Waals surface area contributed by atoms with Crippen molar-refractivity contribution >= 4 is 28.2 Å². The molecule has 0 radical (unpaired) electrons. The fourth-order valence-corrected chi connectivity index (χ4v) is 3.82. The topological polar surface area (TPSA) is 185 Å². The Morgan fingerprint density at radius 2 is 1.49 bits per heavy atom. The van der Waals surface area contributed by atoms with Crippen LogP contribution >= 0.6 is 0 Å². The van der Waals surface area contributed by atoms with Crippen LogP contribution in [-0.4, -0.2) is 61.7 Å². The number of hydrogen-bond acceptors (Lipinski definition) is 9. The molecule has 4 N–H and O–H groups in total. The third kappa shape index (κ3) is 24.0. The third-order valence-corrected chi connectivity index (χ3v) is 6.00. The number of carboxylic acids is 1. The Labute approximate surface area is 254 Å². The van der Waals surface area contributed by atoms with Gasteiger partial charge in [0.25, 0.3) is 0 Å². The Morgan fingerprint density at radius 3 is 1.95 bits per heavy atom. The molecule has 0 spiro atoms. The molecule has 13 heteroatoms. The summed E-state index contributed by atoms with van der Waals surface area (Å²) in [7, 11) is -3.27. The van der Waals surface area contributed by atoms with E-state index in [1.165, 1.54) is 52.1 Å². The SMILES string of the molecule is CCCCCCCCCCCCOS(=O)(=O)[O-].COC(=O)C(Cc1ccccc1)NC(=O)C(N)CC(=O)O.[Na+]. The molecule has 2 atom stereocenters. The summed E-state index contributed by atoms with van der Waals surface area (Å²) in [6.07, 6.45) is 11.4. The van der Waals surface area contributed by atoms with Crippen molar-refractivity contribution in [3.8, 4) is 0 Å². The molecule has 0 aliphatic carbocycles. The van der Waals surface area contributed by atoms with Crippen LogP contribution in [0.3, 0.4) is 0 Å². The number of ether oxygens (including phenoxy) is 1. The minimum atomic E-state index is -4.48. The summed E-state index contributed by atoms with van der Waals surface area (Å²) in [5.74, 6) is -2.51. The number of rotatable bonds is 19. The molecule has 2 unspecified atom stereocenters. The number of methoxy groups -OCH3 is 1. The molecule has 1 aromatic carbocycles. The molecule has 1 amide bonds. The van der Waals surface area contributed by atoms with Crippen molar-refractivity contribution in [2.45, 2.75) is 96.1 Å². The molecule has 0 heterocycles. The Kier molecular flexibility index (Phi) is 24.6. The van der Waals surface area contributed by atoms with Crippen molar-refractivity contribution in [1.29, 1.82) is 0 Å². The second-order valence-electron chi connectivity index (χ2n) is 8.89. The summed E-state index contributed by atoms with van der Waals surface area (Å²) in [6, 6.07) is 6.93. The normalized spacial score (nSPS) is 12.2. The largest absolute Gasteiger partial charge is 1.00 e. The molecule has 0 aliphatic rings. The fourth-order valence-electron chi connectivity index (χ4n) is 3.50. The van der Waals surface area contributed by atoms with Crippen molar-refractivity contribution in [3.63, 3.8) is 0 Å². The van der Waals surface area contributed by atoms with Gasteiger partial charge in [-0.1, -0.05) is 95.0 Å². The average molecular weight is 583 g/mol. The van der Waals surface area contributed by atoms with Gasteiger partial charge >= 0.3 is 41.5 Å². The van der Waals surface area contributed by atoms with Crippen LogP contribution in [0.25, 0.3) is 0 Å². The zero-order chi connectivity index (χ0) is 28.8.